The summed E-state index contributed by atoms with van der Waals surface area (Å²) in [6, 6.07) is 11.6. The number of nitrogens with one attached hydrogen (secondary N) is 1. The lowest BCUT2D eigenvalue weighted by Crippen LogP contribution is -2.28. The van der Waals surface area contributed by atoms with Gasteiger partial charge in [0, 0.05) is 23.2 Å². The Morgan fingerprint density at radius 1 is 1.12 bits per heavy atom. The molecule has 8 nitrogen and oxygen atoms in total. The van der Waals surface area contributed by atoms with Crippen molar-refractivity contribution < 1.29 is 9.32 Å². The molecule has 1 aliphatic carbocycles. The van der Waals surface area contributed by atoms with Gasteiger partial charge in [0.1, 0.15) is 0 Å². The molecule has 0 spiro atoms. The standard InChI is InChI=1S/C21H20N6O2.C4H6/c28-21(14-5-1-2-6-14)22-12-19-25-20(26-29-19)16-8-3-7-15(11-16)17-13-27-18(24-17)9-4-10-23-27;1-3-4-2/h3-4,7-11,13-14H,1-2,5-6,12H2,(H,22,28);3-4H,1-2H2. The summed E-state index contributed by atoms with van der Waals surface area (Å²) in [5.41, 5.74) is 3.37. The molecule has 5 rings (SSSR count). The number of aromatic nitrogens is 5. The first-order valence-corrected chi connectivity index (χ1v) is 10.9. The summed E-state index contributed by atoms with van der Waals surface area (Å²) in [6.45, 7) is 6.97. The quantitative estimate of drug-likeness (QED) is 0.438. The lowest BCUT2D eigenvalue weighted by atomic mass is 10.1. The first kappa shape index (κ1) is 22.1. The number of benzene rings is 1. The van der Waals surface area contributed by atoms with E-state index in [0.717, 1.165) is 48.2 Å². The van der Waals surface area contributed by atoms with Crippen LogP contribution in [0.15, 0.2) is 78.6 Å². The number of carbonyl (C=O) groups excluding carboxylic acids is 1. The number of carbonyl (C=O) groups is 1. The fourth-order valence-corrected chi connectivity index (χ4v) is 3.73. The van der Waals surface area contributed by atoms with Gasteiger partial charge in [0.2, 0.25) is 17.6 Å². The van der Waals surface area contributed by atoms with Gasteiger partial charge in [-0.05, 0) is 31.0 Å². The highest BCUT2D eigenvalue weighted by Gasteiger charge is 2.22. The summed E-state index contributed by atoms with van der Waals surface area (Å²) in [5.74, 6) is 1.08. The molecule has 1 fully saturated rings. The third-order valence-corrected chi connectivity index (χ3v) is 5.43. The van der Waals surface area contributed by atoms with Gasteiger partial charge in [0.05, 0.1) is 18.4 Å². The van der Waals surface area contributed by atoms with Crippen LogP contribution in [0.4, 0.5) is 0 Å². The molecule has 0 atom stereocenters. The Bertz CT molecular complexity index is 1210. The lowest BCUT2D eigenvalue weighted by molar-refractivity contribution is -0.125. The number of imidazole rings is 1. The van der Waals surface area contributed by atoms with Crippen molar-refractivity contribution in [3.05, 3.63) is 80.0 Å². The number of allylic oxidation sites excluding steroid dienone is 2. The maximum Gasteiger partial charge on any atom is 0.246 e. The Morgan fingerprint density at radius 2 is 1.91 bits per heavy atom. The molecule has 3 heterocycles. The normalized spacial score (nSPS) is 13.3. The summed E-state index contributed by atoms with van der Waals surface area (Å²) < 4.78 is 7.06. The zero-order chi connectivity index (χ0) is 23.0. The van der Waals surface area contributed by atoms with Gasteiger partial charge >= 0.3 is 0 Å². The molecule has 4 aromatic rings. The molecular formula is C25H26N6O2. The highest BCUT2D eigenvalue weighted by molar-refractivity contribution is 5.78. The van der Waals surface area contributed by atoms with E-state index < -0.39 is 0 Å². The maximum atomic E-state index is 12.2. The molecule has 1 aromatic carbocycles. The van der Waals surface area contributed by atoms with Crippen molar-refractivity contribution in [1.82, 2.24) is 30.1 Å². The molecule has 0 aliphatic heterocycles. The van der Waals surface area contributed by atoms with E-state index in [9.17, 15) is 4.79 Å². The molecule has 0 unspecified atom stereocenters. The maximum absolute atomic E-state index is 12.2. The molecule has 1 N–H and O–H groups in total. The lowest BCUT2D eigenvalue weighted by Gasteiger charge is -2.07. The van der Waals surface area contributed by atoms with Crippen LogP contribution in [0.1, 0.15) is 31.6 Å². The first-order chi connectivity index (χ1) is 16.2. The zero-order valence-corrected chi connectivity index (χ0v) is 18.4. The molecular weight excluding hydrogens is 416 g/mol. The van der Waals surface area contributed by atoms with Crippen molar-refractivity contribution in [2.24, 2.45) is 5.92 Å². The number of rotatable bonds is 6. The summed E-state index contributed by atoms with van der Waals surface area (Å²) in [6.07, 6.45) is 11.1. The van der Waals surface area contributed by atoms with Crippen molar-refractivity contribution in [1.29, 1.82) is 0 Å². The average Bonchev–Trinajstić information content (AvgIpc) is 3.63. The van der Waals surface area contributed by atoms with Gasteiger partial charge in [-0.15, -0.1) is 0 Å². The topological polar surface area (TPSA) is 98.2 Å². The monoisotopic (exact) mass is 442 g/mol. The van der Waals surface area contributed by atoms with Gasteiger partial charge in [-0.3, -0.25) is 4.79 Å². The largest absolute Gasteiger partial charge is 0.347 e. The van der Waals surface area contributed by atoms with E-state index in [0.29, 0.717) is 11.7 Å². The molecule has 1 saturated carbocycles. The molecule has 8 heteroatoms. The van der Waals surface area contributed by atoms with E-state index in [1.807, 2.05) is 42.6 Å². The fourth-order valence-electron chi connectivity index (χ4n) is 3.73. The number of hydrogen-bond acceptors (Lipinski definition) is 6. The van der Waals surface area contributed by atoms with Gasteiger partial charge in [0.15, 0.2) is 5.65 Å². The van der Waals surface area contributed by atoms with Crippen molar-refractivity contribution in [2.45, 2.75) is 32.2 Å². The van der Waals surface area contributed by atoms with E-state index in [1.165, 1.54) is 0 Å². The van der Waals surface area contributed by atoms with E-state index in [-0.39, 0.29) is 18.4 Å². The zero-order valence-electron chi connectivity index (χ0n) is 18.4. The van der Waals surface area contributed by atoms with Crippen LogP contribution in [0.3, 0.4) is 0 Å². The van der Waals surface area contributed by atoms with Crippen molar-refractivity contribution in [3.63, 3.8) is 0 Å². The van der Waals surface area contributed by atoms with Crippen LogP contribution in [0.5, 0.6) is 0 Å². The Balaban J connectivity index is 0.000000601. The highest BCUT2D eigenvalue weighted by Crippen LogP contribution is 2.26. The van der Waals surface area contributed by atoms with E-state index in [2.05, 4.69) is 38.7 Å². The number of nitrogens with zero attached hydrogens (tertiary/aromatic N) is 5. The van der Waals surface area contributed by atoms with Crippen molar-refractivity contribution in [2.75, 3.05) is 0 Å². The molecule has 168 valence electrons. The van der Waals surface area contributed by atoms with Gasteiger partial charge in [-0.1, -0.05) is 61.5 Å². The van der Waals surface area contributed by atoms with Crippen LogP contribution in [0.2, 0.25) is 0 Å². The Hall–Kier alpha value is -4.07. The number of fused-ring (bicyclic) bond motifs is 1. The molecule has 33 heavy (non-hydrogen) atoms. The van der Waals surface area contributed by atoms with E-state index in [1.54, 1.807) is 22.9 Å². The second-order valence-electron chi connectivity index (χ2n) is 7.72. The van der Waals surface area contributed by atoms with Crippen LogP contribution >= 0.6 is 0 Å². The Labute approximate surface area is 192 Å². The SMILES string of the molecule is C=CC=C.O=C(NCc1nc(-c2cccc(-c3cn4ncccc4n3)c2)no1)C1CCCC1. The van der Waals surface area contributed by atoms with Gasteiger partial charge in [-0.25, -0.2) is 9.50 Å². The van der Waals surface area contributed by atoms with Crippen LogP contribution in [0.25, 0.3) is 28.3 Å². The molecule has 0 radical (unpaired) electrons. The number of amides is 1. The summed E-state index contributed by atoms with van der Waals surface area (Å²) in [4.78, 5) is 21.2. The summed E-state index contributed by atoms with van der Waals surface area (Å²) in [7, 11) is 0. The molecule has 1 aliphatic rings. The van der Waals surface area contributed by atoms with Gasteiger partial charge in [-0.2, -0.15) is 10.1 Å². The smallest absolute Gasteiger partial charge is 0.246 e. The molecule has 3 aromatic heterocycles. The predicted octanol–water partition coefficient (Wildman–Crippen LogP) is 4.61. The van der Waals surface area contributed by atoms with E-state index in [4.69, 9.17) is 4.52 Å². The van der Waals surface area contributed by atoms with Gasteiger partial charge < -0.3 is 9.84 Å². The Kier molecular flexibility index (Phi) is 7.04. The third-order valence-electron chi connectivity index (χ3n) is 5.43. The second-order valence-corrected chi connectivity index (χ2v) is 7.72. The minimum atomic E-state index is 0.0738. The first-order valence-electron chi connectivity index (χ1n) is 10.9. The minimum Gasteiger partial charge on any atom is -0.347 e. The second kappa shape index (κ2) is 10.5. The highest BCUT2D eigenvalue weighted by atomic mass is 16.5. The van der Waals surface area contributed by atoms with Crippen molar-refractivity contribution >= 4 is 11.6 Å². The molecule has 0 bridgehead atoms. The average molecular weight is 443 g/mol. The van der Waals surface area contributed by atoms with Crippen LogP contribution < -0.4 is 5.32 Å². The number of hydrogen-bond donors (Lipinski definition) is 1. The van der Waals surface area contributed by atoms with Gasteiger partial charge in [0.25, 0.3) is 0 Å². The Morgan fingerprint density at radius 3 is 2.67 bits per heavy atom. The summed E-state index contributed by atoms with van der Waals surface area (Å²) in [5, 5.41) is 11.2. The minimum absolute atomic E-state index is 0.0738. The third kappa shape index (κ3) is 5.41. The molecule has 1 amide bonds. The predicted molar refractivity (Wildman–Crippen MR) is 126 cm³/mol. The van der Waals surface area contributed by atoms with Crippen LogP contribution in [0, 0.1) is 5.92 Å². The van der Waals surface area contributed by atoms with Crippen LogP contribution in [-0.4, -0.2) is 30.6 Å². The van der Waals surface area contributed by atoms with Crippen molar-refractivity contribution in [3.8, 4) is 22.6 Å². The summed E-state index contributed by atoms with van der Waals surface area (Å²) >= 11 is 0. The molecule has 0 saturated heterocycles. The fraction of sp³-hybridized carbons (Fsp3) is 0.240. The van der Waals surface area contributed by atoms with E-state index >= 15 is 0 Å². The van der Waals surface area contributed by atoms with Crippen LogP contribution in [-0.2, 0) is 11.3 Å².